The van der Waals surface area contributed by atoms with E-state index in [1.807, 2.05) is 0 Å². The van der Waals surface area contributed by atoms with Crippen LogP contribution in [-0.2, 0) is 6.54 Å². The average molecular weight is 306 g/mol. The molecule has 1 aromatic carbocycles. The quantitative estimate of drug-likeness (QED) is 0.810. The van der Waals surface area contributed by atoms with Crippen molar-refractivity contribution in [2.24, 2.45) is 0 Å². The summed E-state index contributed by atoms with van der Waals surface area (Å²) in [7, 11) is 0. The van der Waals surface area contributed by atoms with Gasteiger partial charge in [0.25, 0.3) is 0 Å². The smallest absolute Gasteiger partial charge is 0.339 e. The third kappa shape index (κ3) is 3.93. The Morgan fingerprint density at radius 3 is 2.57 bits per heavy atom. The monoisotopic (exact) mass is 305 g/mol. The molecule has 0 saturated heterocycles. The van der Waals surface area contributed by atoms with Crippen LogP contribution in [0.25, 0.3) is 0 Å². The van der Waals surface area contributed by atoms with E-state index in [9.17, 15) is 9.59 Å². The highest BCUT2D eigenvalue weighted by Gasteiger charge is 2.15. The Labute approximate surface area is 125 Å². The van der Waals surface area contributed by atoms with Gasteiger partial charge in [-0.15, -0.1) is 0 Å². The molecule has 7 heteroatoms. The Bertz CT molecular complexity index is 662. The Morgan fingerprint density at radius 1 is 1.19 bits per heavy atom. The molecule has 0 spiro atoms. The number of carboxylic acids is 1. The molecule has 1 aromatic heterocycles. The van der Waals surface area contributed by atoms with E-state index in [0.29, 0.717) is 6.54 Å². The van der Waals surface area contributed by atoms with Crippen LogP contribution in [0.3, 0.4) is 0 Å². The fourth-order valence-corrected chi connectivity index (χ4v) is 1.95. The second kappa shape index (κ2) is 6.71. The summed E-state index contributed by atoms with van der Waals surface area (Å²) in [6.07, 6.45) is 3.24. The summed E-state index contributed by atoms with van der Waals surface area (Å²) in [6.45, 7) is 0.303. The average Bonchev–Trinajstić information content (AvgIpc) is 2.46. The van der Waals surface area contributed by atoms with Crippen LogP contribution in [0.5, 0.6) is 0 Å². The summed E-state index contributed by atoms with van der Waals surface area (Å²) in [4.78, 5) is 26.8. The molecule has 0 radical (unpaired) electrons. The zero-order valence-electron chi connectivity index (χ0n) is 10.8. The van der Waals surface area contributed by atoms with Crippen LogP contribution < -0.4 is 10.6 Å². The maximum absolute atomic E-state index is 11.8. The zero-order chi connectivity index (χ0) is 15.2. The lowest BCUT2D eigenvalue weighted by atomic mass is 10.2. The van der Waals surface area contributed by atoms with Gasteiger partial charge in [-0.3, -0.25) is 4.98 Å². The lowest BCUT2D eigenvalue weighted by molar-refractivity contribution is 0.0698. The van der Waals surface area contributed by atoms with Crippen molar-refractivity contribution in [3.63, 3.8) is 0 Å². The molecule has 0 saturated carbocycles. The lowest BCUT2D eigenvalue weighted by Crippen LogP contribution is -2.29. The summed E-state index contributed by atoms with van der Waals surface area (Å²) >= 11 is 5.82. The molecule has 2 aromatic rings. The maximum Gasteiger partial charge on any atom is 0.339 e. The van der Waals surface area contributed by atoms with Gasteiger partial charge in [0.1, 0.15) is 5.56 Å². The Morgan fingerprint density at radius 2 is 1.90 bits per heavy atom. The molecule has 1 heterocycles. The van der Waals surface area contributed by atoms with Gasteiger partial charge in [0.15, 0.2) is 0 Å². The highest BCUT2D eigenvalue weighted by atomic mass is 35.5. The van der Waals surface area contributed by atoms with Crippen LogP contribution in [-0.4, -0.2) is 22.1 Å². The van der Waals surface area contributed by atoms with Gasteiger partial charge >= 0.3 is 12.0 Å². The summed E-state index contributed by atoms with van der Waals surface area (Å²) in [5.74, 6) is -1.20. The number of amides is 2. The largest absolute Gasteiger partial charge is 0.478 e. The number of nitrogens with zero attached hydrogens (tertiary/aromatic N) is 1. The molecule has 0 aliphatic carbocycles. The molecule has 0 bridgehead atoms. The molecule has 2 amide bonds. The van der Waals surface area contributed by atoms with E-state index in [4.69, 9.17) is 16.7 Å². The standard InChI is InChI=1S/C14H12ClN3O3/c15-10-2-1-3-11(12(10)13(19)20)18-14(21)17-8-9-4-6-16-7-5-9/h1-7H,8H2,(H,19,20)(H2,17,18,21). The molecule has 3 N–H and O–H groups in total. The first-order valence-corrected chi connectivity index (χ1v) is 6.41. The number of carboxylic acid groups (broad SMARTS) is 1. The van der Waals surface area contributed by atoms with Crippen LogP contribution >= 0.6 is 11.6 Å². The number of aromatic nitrogens is 1. The van der Waals surface area contributed by atoms with Crippen LogP contribution in [0.4, 0.5) is 10.5 Å². The molecule has 0 unspecified atom stereocenters. The second-order valence-corrected chi connectivity index (χ2v) is 4.54. The van der Waals surface area contributed by atoms with E-state index in [0.717, 1.165) is 5.56 Å². The number of rotatable bonds is 4. The van der Waals surface area contributed by atoms with Crippen LogP contribution in [0.2, 0.25) is 5.02 Å². The number of anilines is 1. The van der Waals surface area contributed by atoms with Gasteiger partial charge in [0.2, 0.25) is 0 Å². The van der Waals surface area contributed by atoms with Gasteiger partial charge in [-0.05, 0) is 29.8 Å². The highest BCUT2D eigenvalue weighted by Crippen LogP contribution is 2.24. The van der Waals surface area contributed by atoms with Gasteiger partial charge in [-0.25, -0.2) is 9.59 Å². The van der Waals surface area contributed by atoms with Crippen molar-refractivity contribution >= 4 is 29.3 Å². The van der Waals surface area contributed by atoms with Gasteiger partial charge < -0.3 is 15.7 Å². The normalized spacial score (nSPS) is 9.95. The molecular weight excluding hydrogens is 294 g/mol. The van der Waals surface area contributed by atoms with Crippen molar-refractivity contribution in [3.05, 3.63) is 58.9 Å². The minimum Gasteiger partial charge on any atom is -0.478 e. The molecule has 2 rings (SSSR count). The van der Waals surface area contributed by atoms with E-state index < -0.39 is 12.0 Å². The number of nitrogens with one attached hydrogen (secondary N) is 2. The van der Waals surface area contributed by atoms with E-state index in [-0.39, 0.29) is 16.3 Å². The number of aromatic carboxylic acids is 1. The van der Waals surface area contributed by atoms with Crippen LogP contribution in [0.1, 0.15) is 15.9 Å². The summed E-state index contributed by atoms with van der Waals surface area (Å²) in [6, 6.07) is 7.50. The third-order valence-corrected chi connectivity index (χ3v) is 2.99. The molecule has 108 valence electrons. The van der Waals surface area contributed by atoms with E-state index in [2.05, 4.69) is 15.6 Å². The zero-order valence-corrected chi connectivity index (χ0v) is 11.6. The van der Waals surface area contributed by atoms with Gasteiger partial charge in [0, 0.05) is 18.9 Å². The number of carbonyl (C=O) groups excluding carboxylic acids is 1. The predicted octanol–water partition coefficient (Wildman–Crippen LogP) is 2.75. The predicted molar refractivity (Wildman–Crippen MR) is 78.5 cm³/mol. The summed E-state index contributed by atoms with van der Waals surface area (Å²) in [5, 5.41) is 14.3. The van der Waals surface area contributed by atoms with Crippen LogP contribution in [0, 0.1) is 0 Å². The molecule has 6 nitrogen and oxygen atoms in total. The first-order chi connectivity index (χ1) is 10.1. The van der Waals surface area contributed by atoms with E-state index >= 15 is 0 Å². The highest BCUT2D eigenvalue weighted by molar-refractivity contribution is 6.34. The molecule has 0 fully saturated rings. The first kappa shape index (κ1) is 14.8. The van der Waals surface area contributed by atoms with Crippen molar-refractivity contribution in [1.82, 2.24) is 10.3 Å². The van der Waals surface area contributed by atoms with Crippen molar-refractivity contribution in [1.29, 1.82) is 0 Å². The summed E-state index contributed by atoms with van der Waals surface area (Å²) < 4.78 is 0. The molecule has 0 aliphatic rings. The number of benzene rings is 1. The maximum atomic E-state index is 11.8. The molecule has 21 heavy (non-hydrogen) atoms. The van der Waals surface area contributed by atoms with Gasteiger partial charge in [-0.2, -0.15) is 0 Å². The fraction of sp³-hybridized carbons (Fsp3) is 0.0714. The van der Waals surface area contributed by atoms with Crippen molar-refractivity contribution in [2.45, 2.75) is 6.54 Å². The Balaban J connectivity index is 2.03. The minimum atomic E-state index is -1.20. The molecule has 0 aliphatic heterocycles. The molecular formula is C14H12ClN3O3. The van der Waals surface area contributed by atoms with E-state index in [1.165, 1.54) is 12.1 Å². The summed E-state index contributed by atoms with van der Waals surface area (Å²) in [5.41, 5.74) is 0.880. The third-order valence-electron chi connectivity index (χ3n) is 2.68. The fourth-order valence-electron chi connectivity index (χ4n) is 1.70. The van der Waals surface area contributed by atoms with E-state index in [1.54, 1.807) is 30.6 Å². The topological polar surface area (TPSA) is 91.3 Å². The Hall–Kier alpha value is -2.60. The van der Waals surface area contributed by atoms with Crippen molar-refractivity contribution in [2.75, 3.05) is 5.32 Å². The van der Waals surface area contributed by atoms with Crippen molar-refractivity contribution < 1.29 is 14.7 Å². The number of pyridine rings is 1. The number of urea groups is 1. The number of hydrogen-bond acceptors (Lipinski definition) is 3. The SMILES string of the molecule is O=C(NCc1ccncc1)Nc1cccc(Cl)c1C(=O)O. The van der Waals surface area contributed by atoms with Crippen molar-refractivity contribution in [3.8, 4) is 0 Å². The first-order valence-electron chi connectivity index (χ1n) is 6.03. The number of hydrogen-bond donors (Lipinski definition) is 3. The molecule has 0 atom stereocenters. The van der Waals surface area contributed by atoms with Gasteiger partial charge in [-0.1, -0.05) is 17.7 Å². The number of carbonyl (C=O) groups is 2. The minimum absolute atomic E-state index is 0.0643. The Kier molecular flexibility index (Phi) is 4.73. The number of halogens is 1. The lowest BCUT2D eigenvalue weighted by Gasteiger charge is -2.10. The van der Waals surface area contributed by atoms with Crippen LogP contribution in [0.15, 0.2) is 42.7 Å². The second-order valence-electron chi connectivity index (χ2n) is 4.13. The van der Waals surface area contributed by atoms with Gasteiger partial charge in [0.05, 0.1) is 10.7 Å².